The molecule has 1 aromatic carbocycles. The molecule has 0 spiro atoms. The zero-order valence-corrected chi connectivity index (χ0v) is 11.0. The van der Waals surface area contributed by atoms with Crippen LogP contribution in [-0.2, 0) is 4.79 Å². The Balaban J connectivity index is 2.26. The molecule has 1 saturated carbocycles. The average Bonchev–Trinajstić information content (AvgIpc) is 3.05. The molecule has 0 bridgehead atoms. The first-order chi connectivity index (χ1) is 8.06. The van der Waals surface area contributed by atoms with E-state index in [1.165, 1.54) is 12.5 Å². The van der Waals surface area contributed by atoms with Crippen LogP contribution in [0.25, 0.3) is 6.08 Å². The summed E-state index contributed by atoms with van der Waals surface area (Å²) in [5.74, 6) is -0.347. The van der Waals surface area contributed by atoms with Gasteiger partial charge < -0.3 is 9.84 Å². The number of hydrogen-bond acceptors (Lipinski definition) is 2. The Morgan fingerprint density at radius 2 is 2.24 bits per heavy atom. The van der Waals surface area contributed by atoms with Crippen LogP contribution in [0.5, 0.6) is 5.75 Å². The van der Waals surface area contributed by atoms with Gasteiger partial charge in [-0.25, -0.2) is 4.79 Å². The molecule has 0 amide bonds. The van der Waals surface area contributed by atoms with Crippen LogP contribution in [0.15, 0.2) is 28.2 Å². The van der Waals surface area contributed by atoms with Crippen LogP contribution in [0.4, 0.5) is 0 Å². The van der Waals surface area contributed by atoms with Crippen molar-refractivity contribution in [2.75, 3.05) is 0 Å². The first-order valence-corrected chi connectivity index (χ1v) is 6.24. The molecule has 17 heavy (non-hydrogen) atoms. The van der Waals surface area contributed by atoms with Gasteiger partial charge in [0.15, 0.2) is 6.10 Å². The smallest absolute Gasteiger partial charge is 0.344 e. The van der Waals surface area contributed by atoms with Crippen molar-refractivity contribution < 1.29 is 14.6 Å². The molecule has 1 atom stereocenters. The number of allylic oxidation sites excluding steroid dienone is 1. The van der Waals surface area contributed by atoms with E-state index in [9.17, 15) is 4.79 Å². The van der Waals surface area contributed by atoms with Crippen molar-refractivity contribution in [2.45, 2.75) is 25.9 Å². The van der Waals surface area contributed by atoms with Crippen molar-refractivity contribution in [3.63, 3.8) is 0 Å². The predicted octanol–water partition coefficient (Wildman–Crippen LogP) is 3.48. The second kappa shape index (κ2) is 4.92. The number of ether oxygens (including phenoxy) is 1. The van der Waals surface area contributed by atoms with E-state index in [0.717, 1.165) is 22.9 Å². The standard InChI is InChI=1S/C13H13BrO3/c1-8(13(15)16)17-12-5-4-11(14)7-10(12)6-9-2-3-9/h4-8H,2-3H2,1H3,(H,15,16). The minimum absolute atomic E-state index is 0.613. The van der Waals surface area contributed by atoms with Gasteiger partial charge in [-0.1, -0.05) is 27.6 Å². The first-order valence-electron chi connectivity index (χ1n) is 5.45. The third-order valence-electron chi connectivity index (χ3n) is 2.52. The fourth-order valence-corrected chi connectivity index (χ4v) is 1.80. The number of benzene rings is 1. The molecule has 0 radical (unpaired) electrons. The highest BCUT2D eigenvalue weighted by molar-refractivity contribution is 9.10. The molecule has 0 saturated heterocycles. The van der Waals surface area contributed by atoms with Gasteiger partial charge >= 0.3 is 5.97 Å². The fourth-order valence-electron chi connectivity index (χ4n) is 1.42. The summed E-state index contributed by atoms with van der Waals surface area (Å²) in [5.41, 5.74) is 2.30. The van der Waals surface area contributed by atoms with Gasteiger partial charge in [0, 0.05) is 10.0 Å². The Morgan fingerprint density at radius 3 is 2.82 bits per heavy atom. The number of carbonyl (C=O) groups is 1. The molecule has 0 heterocycles. The number of carboxylic acid groups (broad SMARTS) is 1. The van der Waals surface area contributed by atoms with Crippen molar-refractivity contribution in [3.8, 4) is 5.75 Å². The summed E-state index contributed by atoms with van der Waals surface area (Å²) in [7, 11) is 0. The van der Waals surface area contributed by atoms with Gasteiger partial charge in [0.25, 0.3) is 0 Å². The molecule has 3 nitrogen and oxygen atoms in total. The summed E-state index contributed by atoms with van der Waals surface area (Å²) in [6.45, 7) is 1.53. The van der Waals surface area contributed by atoms with Crippen molar-refractivity contribution in [2.24, 2.45) is 0 Å². The molecular weight excluding hydrogens is 284 g/mol. The highest BCUT2D eigenvalue weighted by atomic mass is 79.9. The molecule has 1 aromatic rings. The second-order valence-corrected chi connectivity index (χ2v) is 5.00. The highest BCUT2D eigenvalue weighted by Crippen LogP contribution is 2.34. The maximum absolute atomic E-state index is 10.8. The quantitative estimate of drug-likeness (QED) is 0.925. The number of rotatable bonds is 4. The minimum Gasteiger partial charge on any atom is -0.479 e. The van der Waals surface area contributed by atoms with Crippen molar-refractivity contribution in [1.82, 2.24) is 0 Å². The topological polar surface area (TPSA) is 46.5 Å². The van der Waals surface area contributed by atoms with Gasteiger partial charge in [-0.15, -0.1) is 0 Å². The normalized spacial score (nSPS) is 15.3. The van der Waals surface area contributed by atoms with Crippen molar-refractivity contribution in [1.29, 1.82) is 0 Å². The summed E-state index contributed by atoms with van der Waals surface area (Å²) in [5, 5.41) is 8.83. The van der Waals surface area contributed by atoms with E-state index in [1.54, 1.807) is 6.07 Å². The van der Waals surface area contributed by atoms with Crippen LogP contribution >= 0.6 is 15.9 Å². The predicted molar refractivity (Wildman–Crippen MR) is 69.1 cm³/mol. The number of carboxylic acids is 1. The Kier molecular flexibility index (Phi) is 3.52. The van der Waals surface area contributed by atoms with E-state index in [2.05, 4.69) is 22.0 Å². The third-order valence-corrected chi connectivity index (χ3v) is 3.01. The van der Waals surface area contributed by atoms with Gasteiger partial charge in [0.1, 0.15) is 5.75 Å². The summed E-state index contributed by atoms with van der Waals surface area (Å²) < 4.78 is 6.38. The molecule has 90 valence electrons. The van der Waals surface area contributed by atoms with Crippen LogP contribution in [-0.4, -0.2) is 17.2 Å². The SMILES string of the molecule is CC(Oc1ccc(Br)cc1C=C1CC1)C(=O)O. The second-order valence-electron chi connectivity index (χ2n) is 4.08. The van der Waals surface area contributed by atoms with E-state index in [0.29, 0.717) is 5.75 Å². The van der Waals surface area contributed by atoms with Crippen molar-refractivity contribution >= 4 is 28.0 Å². The number of halogens is 1. The maximum Gasteiger partial charge on any atom is 0.344 e. The van der Waals surface area contributed by atoms with Crippen LogP contribution < -0.4 is 4.74 Å². The molecule has 1 aliphatic carbocycles. The summed E-state index contributed by atoms with van der Waals surface area (Å²) in [4.78, 5) is 10.8. The zero-order valence-electron chi connectivity index (χ0n) is 9.44. The van der Waals surface area contributed by atoms with E-state index < -0.39 is 12.1 Å². The van der Waals surface area contributed by atoms with Crippen LogP contribution in [0.2, 0.25) is 0 Å². The van der Waals surface area contributed by atoms with E-state index in [4.69, 9.17) is 9.84 Å². The average molecular weight is 297 g/mol. The number of aliphatic carboxylic acids is 1. The lowest BCUT2D eigenvalue weighted by Gasteiger charge is -2.13. The van der Waals surface area contributed by atoms with E-state index in [1.807, 2.05) is 12.1 Å². The highest BCUT2D eigenvalue weighted by Gasteiger charge is 2.16. The molecule has 2 rings (SSSR count). The van der Waals surface area contributed by atoms with Crippen LogP contribution in [0, 0.1) is 0 Å². The molecule has 0 aliphatic heterocycles. The Hall–Kier alpha value is -1.29. The first kappa shape index (κ1) is 12.2. The minimum atomic E-state index is -0.960. The van der Waals surface area contributed by atoms with Crippen LogP contribution in [0.1, 0.15) is 25.3 Å². The molecule has 1 unspecified atom stereocenters. The largest absolute Gasteiger partial charge is 0.479 e. The summed E-state index contributed by atoms with van der Waals surface area (Å²) in [6.07, 6.45) is 3.47. The molecule has 1 fully saturated rings. The lowest BCUT2D eigenvalue weighted by molar-refractivity contribution is -0.144. The molecule has 1 N–H and O–H groups in total. The zero-order chi connectivity index (χ0) is 12.4. The van der Waals surface area contributed by atoms with Crippen molar-refractivity contribution in [3.05, 3.63) is 33.8 Å². The fraction of sp³-hybridized carbons (Fsp3) is 0.308. The van der Waals surface area contributed by atoms with E-state index >= 15 is 0 Å². The van der Waals surface area contributed by atoms with Gasteiger partial charge in [0.05, 0.1) is 0 Å². The summed E-state index contributed by atoms with van der Waals surface area (Å²) >= 11 is 3.40. The molecule has 4 heteroatoms. The number of hydrogen-bond donors (Lipinski definition) is 1. The Bertz CT molecular complexity index is 474. The van der Waals surface area contributed by atoms with Gasteiger partial charge in [0.2, 0.25) is 0 Å². The van der Waals surface area contributed by atoms with E-state index in [-0.39, 0.29) is 0 Å². The van der Waals surface area contributed by atoms with Gasteiger partial charge in [-0.2, -0.15) is 0 Å². The third kappa shape index (κ3) is 3.33. The summed E-state index contributed by atoms with van der Waals surface area (Å²) in [6, 6.07) is 5.58. The molecular formula is C13H13BrO3. The lowest BCUT2D eigenvalue weighted by atomic mass is 10.2. The lowest BCUT2D eigenvalue weighted by Crippen LogP contribution is -2.23. The monoisotopic (exact) mass is 296 g/mol. The van der Waals surface area contributed by atoms with Crippen LogP contribution in [0.3, 0.4) is 0 Å². The maximum atomic E-state index is 10.8. The van der Waals surface area contributed by atoms with Gasteiger partial charge in [-0.05, 0) is 38.0 Å². The Morgan fingerprint density at radius 1 is 1.53 bits per heavy atom. The van der Waals surface area contributed by atoms with Gasteiger partial charge in [-0.3, -0.25) is 0 Å². The molecule has 0 aromatic heterocycles. The Labute approximate surface area is 108 Å². The molecule has 1 aliphatic rings.